The summed E-state index contributed by atoms with van der Waals surface area (Å²) < 4.78 is 0. The topological polar surface area (TPSA) is 115 Å². The minimum Gasteiger partial charge on any atom is -0.328 e. The van der Waals surface area contributed by atoms with E-state index in [0.717, 1.165) is 0 Å². The van der Waals surface area contributed by atoms with Crippen LogP contribution < -0.4 is 0 Å². The SMILES string of the molecule is O=[CH][Ru]([CH]=O)[CH]=O.O=[N+]([O-])O. The van der Waals surface area contributed by atoms with Crippen LogP contribution in [0.1, 0.15) is 0 Å². The Bertz CT molecular complexity index is 135. The van der Waals surface area contributed by atoms with Gasteiger partial charge in [0.05, 0.1) is 0 Å². The molecule has 0 bridgehead atoms. The molecule has 11 heavy (non-hydrogen) atoms. The number of hydrogen-bond acceptors (Lipinski definition) is 5. The summed E-state index contributed by atoms with van der Waals surface area (Å²) in [4.78, 5) is 38.4. The van der Waals surface area contributed by atoms with E-state index in [1.54, 1.807) is 0 Å². The van der Waals surface area contributed by atoms with E-state index >= 15 is 0 Å². The molecule has 0 heterocycles. The Kier molecular flexibility index (Phi) is 10.0. The molecule has 0 aromatic heterocycles. The summed E-state index contributed by atoms with van der Waals surface area (Å²) in [5.74, 6) is 0. The molecule has 0 aliphatic heterocycles. The van der Waals surface area contributed by atoms with Crippen molar-refractivity contribution in [2.24, 2.45) is 0 Å². The fourth-order valence-corrected chi connectivity index (χ4v) is 0.349. The van der Waals surface area contributed by atoms with Gasteiger partial charge in [-0.05, 0) is 0 Å². The smallest absolute Gasteiger partial charge is 0.291 e. The normalized spacial score (nSPS) is 8.18. The molecule has 0 aromatic carbocycles. The van der Waals surface area contributed by atoms with Crippen LogP contribution in [-0.2, 0) is 30.3 Å². The summed E-state index contributed by atoms with van der Waals surface area (Å²) in [6, 6.07) is 0. The van der Waals surface area contributed by atoms with Gasteiger partial charge in [0, 0.05) is 0 Å². The maximum Gasteiger partial charge on any atom is 0.291 e. The van der Waals surface area contributed by atoms with Crippen LogP contribution in [0.3, 0.4) is 0 Å². The summed E-state index contributed by atoms with van der Waals surface area (Å²) in [6.45, 7) is 0. The maximum atomic E-state index is 9.57. The second-order valence-corrected chi connectivity index (χ2v) is 3.81. The molecule has 0 radical (unpaired) electrons. The molecule has 0 fully saturated rings. The number of nitrogens with zero attached hydrogens (tertiary/aromatic N) is 1. The minimum absolute atomic E-state index is 0.435. The van der Waals surface area contributed by atoms with Crippen LogP contribution in [0.2, 0.25) is 0 Å². The van der Waals surface area contributed by atoms with Crippen molar-refractivity contribution in [3.05, 3.63) is 10.1 Å². The van der Waals surface area contributed by atoms with Crippen LogP contribution in [0, 0.1) is 10.1 Å². The second kappa shape index (κ2) is 8.83. The summed E-state index contributed by atoms with van der Waals surface area (Å²) in [6.07, 6.45) is 0. The molecule has 0 rings (SSSR count). The number of carbonyl (C=O) groups is 3. The van der Waals surface area contributed by atoms with E-state index in [4.69, 9.17) is 15.3 Å². The van der Waals surface area contributed by atoms with Gasteiger partial charge < -0.3 is 5.21 Å². The van der Waals surface area contributed by atoms with Gasteiger partial charge in [0.25, 0.3) is 5.09 Å². The first kappa shape index (κ1) is 12.5. The molecule has 7 nitrogen and oxygen atoms in total. The summed E-state index contributed by atoms with van der Waals surface area (Å²) in [5, 5.41) is 13.6. The third-order valence-corrected chi connectivity index (χ3v) is 1.71. The number of hydrogen-bond donors (Lipinski definition) is 1. The Morgan fingerprint density at radius 2 is 1.36 bits per heavy atom. The predicted molar refractivity (Wildman–Crippen MR) is 29.0 cm³/mol. The van der Waals surface area contributed by atoms with Crippen molar-refractivity contribution >= 4 is 14.6 Å². The zero-order chi connectivity index (χ0) is 9.28. The van der Waals surface area contributed by atoms with E-state index in [0.29, 0.717) is 14.6 Å². The van der Waals surface area contributed by atoms with Gasteiger partial charge in [-0.1, -0.05) is 0 Å². The first-order valence-electron chi connectivity index (χ1n) is 1.88. The zero-order valence-corrected chi connectivity index (χ0v) is 6.76. The summed E-state index contributed by atoms with van der Waals surface area (Å²) >= 11 is -2.25. The summed E-state index contributed by atoms with van der Waals surface area (Å²) in [5.41, 5.74) is 0. The number of rotatable bonds is 3. The standard InChI is InChI=1S/3CHO.HNO3.Ru/c3*1-2;2-1(3)4;/h3*1H;(H,2,3,4);. The van der Waals surface area contributed by atoms with Crippen molar-refractivity contribution in [1.29, 1.82) is 0 Å². The maximum absolute atomic E-state index is 9.57. The minimum atomic E-state index is -2.25. The van der Waals surface area contributed by atoms with Gasteiger partial charge in [-0.15, -0.1) is 10.1 Å². The first-order chi connectivity index (χ1) is 5.08. The molecule has 0 unspecified atom stereocenters. The molecule has 0 atom stereocenters. The quantitative estimate of drug-likeness (QED) is 0.292. The van der Waals surface area contributed by atoms with Gasteiger partial charge in [-0.3, -0.25) is 0 Å². The van der Waals surface area contributed by atoms with Crippen molar-refractivity contribution in [3.8, 4) is 0 Å². The molecule has 0 saturated carbocycles. The molecule has 0 saturated heterocycles. The molecule has 0 amide bonds. The first-order valence-corrected chi connectivity index (χ1v) is 4.90. The van der Waals surface area contributed by atoms with E-state index in [9.17, 15) is 14.4 Å². The van der Waals surface area contributed by atoms with Crippen molar-refractivity contribution < 1.29 is 40.6 Å². The Morgan fingerprint density at radius 3 is 1.36 bits per heavy atom. The largest absolute Gasteiger partial charge is 0.328 e. The molecule has 0 aliphatic rings. The van der Waals surface area contributed by atoms with Crippen molar-refractivity contribution in [2.75, 3.05) is 0 Å². The Hall–Kier alpha value is -1.17. The monoisotopic (exact) mass is 252 g/mol. The number of carbonyl (C=O) groups excluding carboxylic acids is 3. The molecule has 0 aromatic rings. The van der Waals surface area contributed by atoms with Gasteiger partial charge in [0.1, 0.15) is 0 Å². The fourth-order valence-electron chi connectivity index (χ4n) is 0.0589. The van der Waals surface area contributed by atoms with Crippen LogP contribution in [0.15, 0.2) is 0 Å². The van der Waals surface area contributed by atoms with Gasteiger partial charge in [0.2, 0.25) is 0 Å². The van der Waals surface area contributed by atoms with Crippen LogP contribution in [0.25, 0.3) is 0 Å². The van der Waals surface area contributed by atoms with E-state index in [1.165, 1.54) is 0 Å². The zero-order valence-electron chi connectivity index (χ0n) is 5.02. The molecular weight excluding hydrogens is 247 g/mol. The average molecular weight is 251 g/mol. The molecule has 8 heteroatoms. The summed E-state index contributed by atoms with van der Waals surface area (Å²) in [7, 11) is 0. The van der Waals surface area contributed by atoms with Crippen molar-refractivity contribution in [2.45, 2.75) is 0 Å². The van der Waals surface area contributed by atoms with Gasteiger partial charge in [-0.25, -0.2) is 0 Å². The van der Waals surface area contributed by atoms with Crippen LogP contribution in [0.5, 0.6) is 0 Å². The van der Waals surface area contributed by atoms with Crippen LogP contribution in [-0.4, -0.2) is 24.9 Å². The Labute approximate surface area is 66.0 Å². The molecule has 0 aliphatic carbocycles. The third kappa shape index (κ3) is 17.7. The second-order valence-electron chi connectivity index (χ2n) is 0.841. The fraction of sp³-hybridized carbons (Fsp3) is 0. The molecular formula is C3H4NO6Ru. The third-order valence-electron chi connectivity index (χ3n) is 0.289. The van der Waals surface area contributed by atoms with Crippen molar-refractivity contribution in [3.63, 3.8) is 0 Å². The molecule has 65 valence electrons. The van der Waals surface area contributed by atoms with Gasteiger partial charge in [0.15, 0.2) is 0 Å². The Balaban J connectivity index is 0. The Morgan fingerprint density at radius 1 is 1.18 bits per heavy atom. The average Bonchev–Trinajstić information content (AvgIpc) is 1.90. The van der Waals surface area contributed by atoms with E-state index in [2.05, 4.69) is 0 Å². The van der Waals surface area contributed by atoms with Crippen LogP contribution in [0.4, 0.5) is 0 Å². The van der Waals surface area contributed by atoms with Crippen LogP contribution >= 0.6 is 0 Å². The predicted octanol–water partition coefficient (Wildman–Crippen LogP) is -1.17. The molecule has 0 spiro atoms. The van der Waals surface area contributed by atoms with Gasteiger partial charge >= 0.3 is 45.0 Å². The van der Waals surface area contributed by atoms with E-state index in [-0.39, 0.29) is 0 Å². The van der Waals surface area contributed by atoms with Gasteiger partial charge in [-0.2, -0.15) is 0 Å². The van der Waals surface area contributed by atoms with E-state index < -0.39 is 21.0 Å². The molecule has 1 N–H and O–H groups in total. The van der Waals surface area contributed by atoms with E-state index in [1.807, 2.05) is 0 Å². The van der Waals surface area contributed by atoms with Crippen molar-refractivity contribution in [1.82, 2.24) is 0 Å².